The van der Waals surface area contributed by atoms with Crippen LogP contribution in [0.25, 0.3) is 0 Å². The first-order chi connectivity index (χ1) is 9.17. The third-order valence-corrected chi connectivity index (χ3v) is 4.30. The van der Waals surface area contributed by atoms with Gasteiger partial charge in [-0.25, -0.2) is 4.98 Å². The van der Waals surface area contributed by atoms with Crippen molar-refractivity contribution in [2.75, 3.05) is 6.54 Å². The fourth-order valence-electron chi connectivity index (χ4n) is 2.21. The summed E-state index contributed by atoms with van der Waals surface area (Å²) in [5.41, 5.74) is 2.55. The molecule has 2 aromatic rings. The second-order valence-corrected chi connectivity index (χ2v) is 6.63. The van der Waals surface area contributed by atoms with Crippen LogP contribution in [0.3, 0.4) is 0 Å². The van der Waals surface area contributed by atoms with Crippen molar-refractivity contribution >= 4 is 27.3 Å². The van der Waals surface area contributed by atoms with Crippen LogP contribution in [0, 0.1) is 6.92 Å². The fraction of sp³-hybridized carbons (Fsp3) is 0.400. The van der Waals surface area contributed by atoms with Gasteiger partial charge in [-0.1, -0.05) is 35.0 Å². The number of aromatic nitrogens is 1. The summed E-state index contributed by atoms with van der Waals surface area (Å²) in [6.45, 7) is 5.20. The summed E-state index contributed by atoms with van der Waals surface area (Å²) in [5, 5.41) is 6.87. The normalized spacial score (nSPS) is 12.6. The van der Waals surface area contributed by atoms with E-state index >= 15 is 0 Å². The summed E-state index contributed by atoms with van der Waals surface area (Å²) < 4.78 is 1.14. The van der Waals surface area contributed by atoms with Crippen LogP contribution in [0.15, 0.2) is 34.1 Å². The van der Waals surface area contributed by atoms with Crippen molar-refractivity contribution < 1.29 is 0 Å². The zero-order valence-corrected chi connectivity index (χ0v) is 13.7. The summed E-state index contributed by atoms with van der Waals surface area (Å²) in [4.78, 5) is 4.56. The summed E-state index contributed by atoms with van der Waals surface area (Å²) in [6, 6.07) is 8.98. The van der Waals surface area contributed by atoms with Crippen molar-refractivity contribution in [1.29, 1.82) is 0 Å². The van der Waals surface area contributed by atoms with Crippen molar-refractivity contribution in [1.82, 2.24) is 10.3 Å². The average molecular weight is 339 g/mol. The lowest BCUT2D eigenvalue weighted by atomic mass is 10.0. The van der Waals surface area contributed by atoms with Crippen LogP contribution in [0.2, 0.25) is 0 Å². The highest BCUT2D eigenvalue weighted by Crippen LogP contribution is 2.16. The van der Waals surface area contributed by atoms with Gasteiger partial charge in [-0.3, -0.25) is 0 Å². The lowest BCUT2D eigenvalue weighted by Gasteiger charge is -2.17. The molecule has 0 saturated carbocycles. The van der Waals surface area contributed by atoms with Gasteiger partial charge in [-0.15, -0.1) is 11.3 Å². The molecule has 1 N–H and O–H groups in total. The van der Waals surface area contributed by atoms with Crippen LogP contribution in [0.4, 0.5) is 0 Å². The zero-order chi connectivity index (χ0) is 13.7. The minimum atomic E-state index is 0.445. The molecule has 4 heteroatoms. The molecule has 1 aromatic carbocycles. The van der Waals surface area contributed by atoms with Gasteiger partial charge in [0, 0.05) is 22.3 Å². The number of aryl methyl sites for hydroxylation is 1. The van der Waals surface area contributed by atoms with Crippen molar-refractivity contribution in [3.63, 3.8) is 0 Å². The third kappa shape index (κ3) is 4.71. The van der Waals surface area contributed by atoms with Crippen molar-refractivity contribution in [2.24, 2.45) is 0 Å². The van der Waals surface area contributed by atoms with Gasteiger partial charge < -0.3 is 5.32 Å². The number of hydrogen-bond donors (Lipinski definition) is 1. The monoisotopic (exact) mass is 338 g/mol. The highest BCUT2D eigenvalue weighted by atomic mass is 79.9. The molecular formula is C15H19BrN2S. The molecule has 0 bridgehead atoms. The summed E-state index contributed by atoms with van der Waals surface area (Å²) in [6.07, 6.45) is 2.02. The number of benzene rings is 1. The Kier molecular flexibility index (Phi) is 5.55. The minimum absolute atomic E-state index is 0.445. The maximum Gasteiger partial charge on any atom is 0.0897 e. The second kappa shape index (κ2) is 7.17. The number of hydrogen-bond acceptors (Lipinski definition) is 3. The Balaban J connectivity index is 2.03. The molecule has 0 spiro atoms. The molecule has 2 nitrogen and oxygen atoms in total. The van der Waals surface area contributed by atoms with Gasteiger partial charge in [0.25, 0.3) is 0 Å². The van der Waals surface area contributed by atoms with Gasteiger partial charge in [0.15, 0.2) is 0 Å². The Morgan fingerprint density at radius 1 is 1.37 bits per heavy atom. The van der Waals surface area contributed by atoms with E-state index in [0.29, 0.717) is 6.04 Å². The highest BCUT2D eigenvalue weighted by Gasteiger charge is 2.11. The lowest BCUT2D eigenvalue weighted by Crippen LogP contribution is -2.33. The minimum Gasteiger partial charge on any atom is -0.314 e. The predicted molar refractivity (Wildman–Crippen MR) is 85.9 cm³/mol. The fourth-order valence-corrected chi connectivity index (χ4v) is 3.28. The van der Waals surface area contributed by atoms with Crippen LogP contribution in [0.5, 0.6) is 0 Å². The van der Waals surface area contributed by atoms with E-state index in [2.05, 4.69) is 69.7 Å². The Morgan fingerprint density at radius 2 is 2.21 bits per heavy atom. The maximum absolute atomic E-state index is 4.56. The first-order valence-corrected chi connectivity index (χ1v) is 8.23. The number of likely N-dealkylation sites (N-methyl/N-ethyl adjacent to an activating group) is 1. The van der Waals surface area contributed by atoms with Crippen LogP contribution < -0.4 is 5.32 Å². The van der Waals surface area contributed by atoms with Gasteiger partial charge in [-0.2, -0.15) is 0 Å². The Labute approximate surface area is 127 Å². The largest absolute Gasteiger partial charge is 0.314 e. The van der Waals surface area contributed by atoms with Crippen LogP contribution in [-0.2, 0) is 12.8 Å². The molecule has 0 saturated heterocycles. The molecule has 0 radical (unpaired) electrons. The molecule has 0 amide bonds. The van der Waals surface area contributed by atoms with Crippen molar-refractivity contribution in [3.8, 4) is 0 Å². The SMILES string of the molecule is CCNC(Cc1cccc(Br)c1)Cc1csc(C)n1. The van der Waals surface area contributed by atoms with E-state index in [1.54, 1.807) is 11.3 Å². The molecule has 102 valence electrons. The number of thiazole rings is 1. The number of halogens is 1. The molecule has 0 aliphatic heterocycles. The smallest absolute Gasteiger partial charge is 0.0897 e. The number of nitrogens with zero attached hydrogens (tertiary/aromatic N) is 1. The average Bonchev–Trinajstić information content (AvgIpc) is 2.75. The molecular weight excluding hydrogens is 320 g/mol. The molecule has 1 atom stereocenters. The van der Waals surface area contributed by atoms with Gasteiger partial charge in [0.2, 0.25) is 0 Å². The molecule has 1 heterocycles. The van der Waals surface area contributed by atoms with Gasteiger partial charge >= 0.3 is 0 Å². The zero-order valence-electron chi connectivity index (χ0n) is 11.3. The molecule has 19 heavy (non-hydrogen) atoms. The van der Waals surface area contributed by atoms with Gasteiger partial charge in [-0.05, 0) is 37.6 Å². The highest BCUT2D eigenvalue weighted by molar-refractivity contribution is 9.10. The number of nitrogens with one attached hydrogen (secondary N) is 1. The van der Waals surface area contributed by atoms with E-state index < -0.39 is 0 Å². The summed E-state index contributed by atoms with van der Waals surface area (Å²) in [5.74, 6) is 0. The predicted octanol–water partition coefficient (Wildman–Crippen LogP) is 3.98. The Bertz CT molecular complexity index is 524. The van der Waals surface area contributed by atoms with E-state index in [1.165, 1.54) is 11.3 Å². The van der Waals surface area contributed by atoms with Crippen LogP contribution in [0.1, 0.15) is 23.2 Å². The quantitative estimate of drug-likeness (QED) is 0.861. The van der Waals surface area contributed by atoms with E-state index in [1.807, 2.05) is 0 Å². The third-order valence-electron chi connectivity index (χ3n) is 2.99. The first-order valence-electron chi connectivity index (χ1n) is 6.56. The molecule has 0 fully saturated rings. The van der Waals surface area contributed by atoms with E-state index in [-0.39, 0.29) is 0 Å². The Morgan fingerprint density at radius 3 is 2.84 bits per heavy atom. The van der Waals surface area contributed by atoms with Gasteiger partial charge in [0.1, 0.15) is 0 Å². The first kappa shape index (κ1) is 14.7. The molecule has 2 rings (SSSR count). The van der Waals surface area contributed by atoms with E-state index in [4.69, 9.17) is 0 Å². The Hall–Kier alpha value is -0.710. The number of rotatable bonds is 6. The molecule has 0 aliphatic rings. The van der Waals surface area contributed by atoms with Crippen molar-refractivity contribution in [3.05, 3.63) is 50.4 Å². The molecule has 1 unspecified atom stereocenters. The van der Waals surface area contributed by atoms with E-state index in [0.717, 1.165) is 28.9 Å². The maximum atomic E-state index is 4.56. The lowest BCUT2D eigenvalue weighted by molar-refractivity contribution is 0.517. The van der Waals surface area contributed by atoms with Gasteiger partial charge in [0.05, 0.1) is 10.7 Å². The molecule has 1 aromatic heterocycles. The van der Waals surface area contributed by atoms with Crippen LogP contribution in [-0.4, -0.2) is 17.6 Å². The van der Waals surface area contributed by atoms with E-state index in [9.17, 15) is 0 Å². The standard InChI is InChI=1S/C15H19BrN2S/c1-3-17-14(9-15-10-19-11(2)18-15)8-12-5-4-6-13(16)7-12/h4-7,10,14,17H,3,8-9H2,1-2H3. The second-order valence-electron chi connectivity index (χ2n) is 4.65. The summed E-state index contributed by atoms with van der Waals surface area (Å²) >= 11 is 5.26. The van der Waals surface area contributed by atoms with Crippen molar-refractivity contribution in [2.45, 2.75) is 32.7 Å². The van der Waals surface area contributed by atoms with Crippen LogP contribution >= 0.6 is 27.3 Å². The topological polar surface area (TPSA) is 24.9 Å². The molecule has 0 aliphatic carbocycles. The summed E-state index contributed by atoms with van der Waals surface area (Å²) in [7, 11) is 0.